The van der Waals surface area contributed by atoms with Crippen LogP contribution in [0.3, 0.4) is 0 Å². The van der Waals surface area contributed by atoms with Crippen molar-refractivity contribution in [3.8, 4) is 11.5 Å². The van der Waals surface area contributed by atoms with Gasteiger partial charge in [-0.25, -0.2) is 0 Å². The summed E-state index contributed by atoms with van der Waals surface area (Å²) in [6.07, 6.45) is 3.64. The summed E-state index contributed by atoms with van der Waals surface area (Å²) < 4.78 is 10.5. The van der Waals surface area contributed by atoms with Gasteiger partial charge in [0.2, 0.25) is 0 Å². The number of hydrogen-bond donors (Lipinski definition) is 1. The average Bonchev–Trinajstić information content (AvgIpc) is 2.68. The molecule has 142 valence electrons. The first-order chi connectivity index (χ1) is 12.6. The molecule has 0 aliphatic heterocycles. The smallest absolute Gasteiger partial charge is 0.118 e. The predicted octanol–water partition coefficient (Wildman–Crippen LogP) is 5.40. The van der Waals surface area contributed by atoms with Gasteiger partial charge in [0.05, 0.1) is 14.2 Å². The molecule has 2 rings (SSSR count). The molecule has 3 heteroatoms. The van der Waals surface area contributed by atoms with Gasteiger partial charge in [-0.05, 0) is 66.6 Å². The van der Waals surface area contributed by atoms with Crippen LogP contribution in [-0.2, 0) is 6.54 Å². The van der Waals surface area contributed by atoms with E-state index in [-0.39, 0.29) is 0 Å². The third-order valence-corrected chi connectivity index (χ3v) is 4.84. The van der Waals surface area contributed by atoms with Crippen LogP contribution in [-0.4, -0.2) is 20.8 Å². The summed E-state index contributed by atoms with van der Waals surface area (Å²) in [7, 11) is 3.41. The molecule has 3 nitrogen and oxygen atoms in total. The van der Waals surface area contributed by atoms with Crippen LogP contribution >= 0.6 is 0 Å². The standard InChI is InChI=1S/C23H33NO2/c1-18(2)5-8-21(20-9-13-23(26-4)14-10-20)15-16-24-17-19-6-11-22(25-3)12-7-19/h6-7,9-14,18,21,24H,5,8,15-17H2,1-4H3/t21-/m1/s1. The van der Waals surface area contributed by atoms with E-state index in [2.05, 4.69) is 55.6 Å². The number of hydrogen-bond acceptors (Lipinski definition) is 3. The molecule has 0 aliphatic rings. The van der Waals surface area contributed by atoms with Gasteiger partial charge in [-0.2, -0.15) is 0 Å². The van der Waals surface area contributed by atoms with Crippen molar-refractivity contribution in [2.75, 3.05) is 20.8 Å². The summed E-state index contributed by atoms with van der Waals surface area (Å²) >= 11 is 0. The molecule has 0 unspecified atom stereocenters. The van der Waals surface area contributed by atoms with E-state index in [1.54, 1.807) is 14.2 Å². The fourth-order valence-electron chi connectivity index (χ4n) is 3.14. The molecule has 1 atom stereocenters. The van der Waals surface area contributed by atoms with E-state index in [0.29, 0.717) is 5.92 Å². The molecule has 0 aliphatic carbocycles. The summed E-state index contributed by atoms with van der Waals surface area (Å²) in [5.41, 5.74) is 2.70. The lowest BCUT2D eigenvalue weighted by atomic mass is 9.88. The van der Waals surface area contributed by atoms with Crippen molar-refractivity contribution in [2.45, 2.75) is 45.6 Å². The molecule has 0 aromatic heterocycles. The zero-order valence-electron chi connectivity index (χ0n) is 16.6. The van der Waals surface area contributed by atoms with E-state index in [1.807, 2.05) is 12.1 Å². The van der Waals surface area contributed by atoms with Crippen molar-refractivity contribution in [1.82, 2.24) is 5.32 Å². The first-order valence-corrected chi connectivity index (χ1v) is 9.60. The molecule has 0 spiro atoms. The lowest BCUT2D eigenvalue weighted by Gasteiger charge is -2.19. The minimum atomic E-state index is 0.590. The lowest BCUT2D eigenvalue weighted by molar-refractivity contribution is 0.414. The highest BCUT2D eigenvalue weighted by atomic mass is 16.5. The Hall–Kier alpha value is -2.00. The van der Waals surface area contributed by atoms with E-state index in [1.165, 1.54) is 24.0 Å². The number of rotatable bonds is 11. The lowest BCUT2D eigenvalue weighted by Crippen LogP contribution is -2.17. The van der Waals surface area contributed by atoms with E-state index < -0.39 is 0 Å². The zero-order chi connectivity index (χ0) is 18.8. The maximum atomic E-state index is 5.29. The van der Waals surface area contributed by atoms with E-state index >= 15 is 0 Å². The SMILES string of the molecule is COc1ccc(CNCC[C@@H](CCC(C)C)c2ccc(OC)cc2)cc1. The minimum Gasteiger partial charge on any atom is -0.497 e. The molecule has 2 aromatic carbocycles. The molecular weight excluding hydrogens is 322 g/mol. The van der Waals surface area contributed by atoms with Crippen LogP contribution in [0.15, 0.2) is 48.5 Å². The summed E-state index contributed by atoms with van der Waals surface area (Å²) in [4.78, 5) is 0. The molecule has 26 heavy (non-hydrogen) atoms. The Kier molecular flexibility index (Phi) is 8.49. The Morgan fingerprint density at radius 2 is 1.35 bits per heavy atom. The van der Waals surface area contributed by atoms with Crippen molar-refractivity contribution in [2.24, 2.45) is 5.92 Å². The quantitative estimate of drug-likeness (QED) is 0.547. The second-order valence-electron chi connectivity index (χ2n) is 7.25. The van der Waals surface area contributed by atoms with Crippen LogP contribution in [0.5, 0.6) is 11.5 Å². The van der Waals surface area contributed by atoms with Crippen molar-refractivity contribution in [3.63, 3.8) is 0 Å². The molecule has 0 saturated heterocycles. The number of methoxy groups -OCH3 is 2. The van der Waals surface area contributed by atoms with E-state index in [4.69, 9.17) is 9.47 Å². The highest BCUT2D eigenvalue weighted by molar-refractivity contribution is 5.29. The fourth-order valence-corrected chi connectivity index (χ4v) is 3.14. The monoisotopic (exact) mass is 355 g/mol. The molecule has 0 saturated carbocycles. The molecule has 0 amide bonds. The van der Waals surface area contributed by atoms with Gasteiger partial charge in [0, 0.05) is 6.54 Å². The van der Waals surface area contributed by atoms with Gasteiger partial charge in [-0.3, -0.25) is 0 Å². The third kappa shape index (κ3) is 6.72. The molecule has 0 radical (unpaired) electrons. The first kappa shape index (κ1) is 20.3. The maximum Gasteiger partial charge on any atom is 0.118 e. The highest BCUT2D eigenvalue weighted by Gasteiger charge is 2.12. The Balaban J connectivity index is 1.86. The molecule has 2 aromatic rings. The van der Waals surface area contributed by atoms with Crippen molar-refractivity contribution in [3.05, 3.63) is 59.7 Å². The second-order valence-corrected chi connectivity index (χ2v) is 7.25. The number of benzene rings is 2. The first-order valence-electron chi connectivity index (χ1n) is 9.60. The zero-order valence-corrected chi connectivity index (χ0v) is 16.6. The van der Waals surface area contributed by atoms with Crippen LogP contribution in [0.1, 0.15) is 50.2 Å². The van der Waals surface area contributed by atoms with Crippen LogP contribution in [0.2, 0.25) is 0 Å². The van der Waals surface area contributed by atoms with Gasteiger partial charge in [-0.15, -0.1) is 0 Å². The summed E-state index contributed by atoms with van der Waals surface area (Å²) in [5, 5.41) is 3.58. The van der Waals surface area contributed by atoms with Crippen molar-refractivity contribution in [1.29, 1.82) is 0 Å². The highest BCUT2D eigenvalue weighted by Crippen LogP contribution is 2.28. The van der Waals surface area contributed by atoms with Gasteiger partial charge in [-0.1, -0.05) is 44.5 Å². The largest absolute Gasteiger partial charge is 0.497 e. The maximum absolute atomic E-state index is 5.29. The minimum absolute atomic E-state index is 0.590. The van der Waals surface area contributed by atoms with Crippen LogP contribution in [0.4, 0.5) is 0 Å². The van der Waals surface area contributed by atoms with Crippen molar-refractivity contribution >= 4 is 0 Å². The van der Waals surface area contributed by atoms with Gasteiger partial charge in [0.25, 0.3) is 0 Å². The normalized spacial score (nSPS) is 12.2. The van der Waals surface area contributed by atoms with Crippen molar-refractivity contribution < 1.29 is 9.47 Å². The van der Waals surface area contributed by atoms with Crippen LogP contribution < -0.4 is 14.8 Å². The molecule has 1 N–H and O–H groups in total. The van der Waals surface area contributed by atoms with Gasteiger partial charge < -0.3 is 14.8 Å². The third-order valence-electron chi connectivity index (χ3n) is 4.84. The van der Waals surface area contributed by atoms with E-state index in [9.17, 15) is 0 Å². The summed E-state index contributed by atoms with van der Waals surface area (Å²) in [6.45, 7) is 6.50. The summed E-state index contributed by atoms with van der Waals surface area (Å²) in [5.74, 6) is 3.16. The van der Waals surface area contributed by atoms with Crippen LogP contribution in [0.25, 0.3) is 0 Å². The molecule has 0 heterocycles. The number of nitrogens with one attached hydrogen (secondary N) is 1. The fraction of sp³-hybridized carbons (Fsp3) is 0.478. The van der Waals surface area contributed by atoms with Crippen LogP contribution in [0, 0.1) is 5.92 Å². The Labute approximate surface area is 158 Å². The van der Waals surface area contributed by atoms with Gasteiger partial charge in [0.1, 0.15) is 11.5 Å². The summed E-state index contributed by atoms with van der Waals surface area (Å²) in [6, 6.07) is 16.8. The number of ether oxygens (including phenoxy) is 2. The molecule has 0 bridgehead atoms. The topological polar surface area (TPSA) is 30.5 Å². The van der Waals surface area contributed by atoms with Gasteiger partial charge in [0.15, 0.2) is 0 Å². The van der Waals surface area contributed by atoms with Gasteiger partial charge >= 0.3 is 0 Å². The molecule has 0 fully saturated rings. The Morgan fingerprint density at radius 1 is 0.769 bits per heavy atom. The predicted molar refractivity (Wildman–Crippen MR) is 109 cm³/mol. The average molecular weight is 356 g/mol. The second kappa shape index (κ2) is 10.9. The van der Waals surface area contributed by atoms with E-state index in [0.717, 1.165) is 36.9 Å². The Bertz CT molecular complexity index is 620. The Morgan fingerprint density at radius 3 is 1.88 bits per heavy atom. The molecular formula is C23H33NO2.